The zero-order chi connectivity index (χ0) is 14.3. The highest BCUT2D eigenvalue weighted by Crippen LogP contribution is 2.18. The Morgan fingerprint density at radius 2 is 2.05 bits per heavy atom. The molecule has 1 rings (SSSR count). The van der Waals surface area contributed by atoms with Crippen molar-refractivity contribution in [2.45, 2.75) is 27.2 Å². The first-order valence-electron chi connectivity index (χ1n) is 6.47. The maximum absolute atomic E-state index is 12.1. The summed E-state index contributed by atoms with van der Waals surface area (Å²) in [6, 6.07) is 7.16. The summed E-state index contributed by atoms with van der Waals surface area (Å²) in [6.45, 7) is 6.76. The molecule has 1 amide bonds. The van der Waals surface area contributed by atoms with Crippen LogP contribution in [0.2, 0.25) is 0 Å². The molecule has 0 saturated heterocycles. The van der Waals surface area contributed by atoms with Crippen molar-refractivity contribution in [1.29, 1.82) is 0 Å². The van der Waals surface area contributed by atoms with Crippen LogP contribution in [0, 0.1) is 17.3 Å². The summed E-state index contributed by atoms with van der Waals surface area (Å²) in [5, 5.41) is 11.7. The van der Waals surface area contributed by atoms with E-state index >= 15 is 0 Å². The van der Waals surface area contributed by atoms with Crippen LogP contribution in [0.3, 0.4) is 0 Å². The molecule has 0 unspecified atom stereocenters. The third kappa shape index (κ3) is 4.76. The molecule has 1 aromatic carbocycles. The predicted molar refractivity (Wildman–Crippen MR) is 76.8 cm³/mol. The zero-order valence-electron chi connectivity index (χ0n) is 11.8. The van der Waals surface area contributed by atoms with Crippen LogP contribution in [0.1, 0.15) is 43.1 Å². The lowest BCUT2D eigenvalue weighted by Crippen LogP contribution is -2.33. The van der Waals surface area contributed by atoms with E-state index in [2.05, 4.69) is 37.9 Å². The Balaban J connectivity index is 2.83. The van der Waals surface area contributed by atoms with Crippen LogP contribution in [-0.2, 0) is 0 Å². The second kappa shape index (κ2) is 6.96. The Bertz CT molecular complexity index is 495. The molecule has 102 valence electrons. The van der Waals surface area contributed by atoms with E-state index in [4.69, 9.17) is 5.11 Å². The average molecular weight is 259 g/mol. The van der Waals surface area contributed by atoms with Crippen LogP contribution in [0.5, 0.6) is 0 Å². The van der Waals surface area contributed by atoms with Crippen LogP contribution in [0.15, 0.2) is 24.3 Å². The molecule has 19 heavy (non-hydrogen) atoms. The summed E-state index contributed by atoms with van der Waals surface area (Å²) in [6.07, 6.45) is 0.999. The van der Waals surface area contributed by atoms with Gasteiger partial charge in [-0.3, -0.25) is 4.79 Å². The van der Waals surface area contributed by atoms with Gasteiger partial charge in [-0.25, -0.2) is 0 Å². The van der Waals surface area contributed by atoms with E-state index in [0.717, 1.165) is 6.42 Å². The Morgan fingerprint density at radius 3 is 2.68 bits per heavy atom. The van der Waals surface area contributed by atoms with E-state index in [1.807, 2.05) is 12.1 Å². The lowest BCUT2D eigenvalue weighted by atomic mass is 9.90. The smallest absolute Gasteiger partial charge is 0.252 e. The normalized spacial score (nSPS) is 10.5. The molecule has 0 aliphatic rings. The molecule has 1 aromatic rings. The van der Waals surface area contributed by atoms with Gasteiger partial charge in [0, 0.05) is 12.1 Å². The largest absolute Gasteiger partial charge is 0.384 e. The molecule has 0 saturated carbocycles. The second-order valence-corrected chi connectivity index (χ2v) is 5.21. The van der Waals surface area contributed by atoms with Crippen LogP contribution < -0.4 is 5.32 Å². The molecular formula is C16H21NO2. The second-order valence-electron chi connectivity index (χ2n) is 5.21. The number of carbonyl (C=O) groups is 1. The summed E-state index contributed by atoms with van der Waals surface area (Å²) in [4.78, 5) is 12.1. The monoisotopic (exact) mass is 259 g/mol. The maximum Gasteiger partial charge on any atom is 0.252 e. The minimum atomic E-state index is -0.210. The summed E-state index contributed by atoms with van der Waals surface area (Å²) in [5.74, 6) is 5.24. The first-order chi connectivity index (χ1) is 9.00. The number of benzene rings is 1. The van der Waals surface area contributed by atoms with Crippen molar-refractivity contribution < 1.29 is 9.90 Å². The molecule has 0 bridgehead atoms. The molecule has 0 atom stereocenters. The fraction of sp³-hybridized carbons (Fsp3) is 0.438. The van der Waals surface area contributed by atoms with Gasteiger partial charge in [-0.1, -0.05) is 44.7 Å². The molecule has 0 aliphatic heterocycles. The van der Waals surface area contributed by atoms with Crippen molar-refractivity contribution in [3.63, 3.8) is 0 Å². The van der Waals surface area contributed by atoms with Gasteiger partial charge in [0.2, 0.25) is 0 Å². The Morgan fingerprint density at radius 1 is 1.37 bits per heavy atom. The third-order valence-electron chi connectivity index (χ3n) is 3.16. The van der Waals surface area contributed by atoms with Crippen molar-refractivity contribution in [2.24, 2.45) is 5.41 Å². The molecule has 2 N–H and O–H groups in total. The van der Waals surface area contributed by atoms with Gasteiger partial charge in [0.25, 0.3) is 5.91 Å². The zero-order valence-corrected chi connectivity index (χ0v) is 11.8. The number of amides is 1. The molecule has 0 spiro atoms. The standard InChI is InChI=1S/C16H21NO2/c1-4-16(2,3)12-17-15(19)14-10-6-5-8-13(14)9-7-11-18/h5-6,8,10,18H,4,11-12H2,1-3H3,(H,17,19). The first-order valence-corrected chi connectivity index (χ1v) is 6.47. The van der Waals surface area contributed by atoms with Gasteiger partial charge in [0.1, 0.15) is 6.61 Å². The molecule has 0 heterocycles. The van der Waals surface area contributed by atoms with Crippen LogP contribution in [0.4, 0.5) is 0 Å². The minimum Gasteiger partial charge on any atom is -0.384 e. The van der Waals surface area contributed by atoms with Gasteiger partial charge in [-0.2, -0.15) is 0 Å². The van der Waals surface area contributed by atoms with Gasteiger partial charge < -0.3 is 10.4 Å². The van der Waals surface area contributed by atoms with Crippen LogP contribution in [-0.4, -0.2) is 24.2 Å². The minimum absolute atomic E-state index is 0.0847. The van der Waals surface area contributed by atoms with Gasteiger partial charge in [0.15, 0.2) is 0 Å². The number of aliphatic hydroxyl groups excluding tert-OH is 1. The van der Waals surface area contributed by atoms with Crippen molar-refractivity contribution in [2.75, 3.05) is 13.2 Å². The quantitative estimate of drug-likeness (QED) is 0.814. The van der Waals surface area contributed by atoms with E-state index in [-0.39, 0.29) is 17.9 Å². The molecule has 3 heteroatoms. The van der Waals surface area contributed by atoms with Crippen LogP contribution >= 0.6 is 0 Å². The Kier molecular flexibility index (Phi) is 5.59. The fourth-order valence-electron chi connectivity index (χ4n) is 1.46. The Labute approximate surface area is 115 Å². The van der Waals surface area contributed by atoms with E-state index in [9.17, 15) is 4.79 Å². The van der Waals surface area contributed by atoms with E-state index in [1.165, 1.54) is 0 Å². The van der Waals surface area contributed by atoms with E-state index < -0.39 is 0 Å². The lowest BCUT2D eigenvalue weighted by molar-refractivity contribution is 0.0935. The highest BCUT2D eigenvalue weighted by Gasteiger charge is 2.17. The first kappa shape index (κ1) is 15.3. The molecule has 0 aliphatic carbocycles. The molecule has 0 aromatic heterocycles. The molecular weight excluding hydrogens is 238 g/mol. The number of hydrogen-bond acceptors (Lipinski definition) is 2. The van der Waals surface area contributed by atoms with Crippen molar-refractivity contribution in [3.05, 3.63) is 35.4 Å². The van der Waals surface area contributed by atoms with Crippen LogP contribution in [0.25, 0.3) is 0 Å². The molecule has 0 radical (unpaired) electrons. The summed E-state index contributed by atoms with van der Waals surface area (Å²) in [5.41, 5.74) is 1.28. The number of hydrogen-bond donors (Lipinski definition) is 2. The lowest BCUT2D eigenvalue weighted by Gasteiger charge is -2.23. The van der Waals surface area contributed by atoms with Crippen molar-refractivity contribution in [1.82, 2.24) is 5.32 Å². The number of aliphatic hydroxyl groups is 1. The number of rotatable bonds is 4. The van der Waals surface area contributed by atoms with Gasteiger partial charge in [-0.05, 0) is 24.0 Å². The summed E-state index contributed by atoms with van der Waals surface area (Å²) < 4.78 is 0. The number of carbonyl (C=O) groups excluding carboxylic acids is 1. The highest BCUT2D eigenvalue weighted by molar-refractivity contribution is 5.96. The van der Waals surface area contributed by atoms with Gasteiger partial charge >= 0.3 is 0 Å². The fourth-order valence-corrected chi connectivity index (χ4v) is 1.46. The van der Waals surface area contributed by atoms with E-state index in [0.29, 0.717) is 17.7 Å². The van der Waals surface area contributed by atoms with Gasteiger partial charge in [-0.15, -0.1) is 0 Å². The summed E-state index contributed by atoms with van der Waals surface area (Å²) in [7, 11) is 0. The van der Waals surface area contributed by atoms with Gasteiger partial charge in [0.05, 0.1) is 5.56 Å². The topological polar surface area (TPSA) is 49.3 Å². The Hall–Kier alpha value is -1.79. The average Bonchev–Trinajstić information content (AvgIpc) is 2.43. The van der Waals surface area contributed by atoms with Crippen molar-refractivity contribution in [3.8, 4) is 11.8 Å². The van der Waals surface area contributed by atoms with Crippen molar-refractivity contribution >= 4 is 5.91 Å². The number of nitrogens with one attached hydrogen (secondary N) is 1. The third-order valence-corrected chi connectivity index (χ3v) is 3.16. The van der Waals surface area contributed by atoms with E-state index in [1.54, 1.807) is 12.1 Å². The molecule has 3 nitrogen and oxygen atoms in total. The molecule has 0 fully saturated rings. The maximum atomic E-state index is 12.1. The highest BCUT2D eigenvalue weighted by atomic mass is 16.2. The summed E-state index contributed by atoms with van der Waals surface area (Å²) >= 11 is 0. The SMILES string of the molecule is CCC(C)(C)CNC(=O)c1ccccc1C#CCO. The predicted octanol–water partition coefficient (Wildman–Crippen LogP) is 2.20.